The van der Waals surface area contributed by atoms with Crippen molar-refractivity contribution in [1.29, 1.82) is 0 Å². The quantitative estimate of drug-likeness (QED) is 0.668. The molecule has 0 saturated carbocycles. The first-order chi connectivity index (χ1) is 9.25. The molecule has 0 atom stereocenters. The zero-order chi connectivity index (χ0) is 13.5. The molecule has 0 fully saturated rings. The number of benzene rings is 1. The second kappa shape index (κ2) is 7.01. The van der Waals surface area contributed by atoms with Gasteiger partial charge < -0.3 is 0 Å². The van der Waals surface area contributed by atoms with Gasteiger partial charge in [-0.05, 0) is 39.0 Å². The molecule has 19 heavy (non-hydrogen) atoms. The number of thiophene rings is 1. The fourth-order valence-corrected chi connectivity index (χ4v) is 2.34. The molecule has 1 heterocycles. The van der Waals surface area contributed by atoms with Gasteiger partial charge in [-0.1, -0.05) is 36.4 Å². The summed E-state index contributed by atoms with van der Waals surface area (Å²) in [7, 11) is 0. The van der Waals surface area contributed by atoms with Crippen molar-refractivity contribution < 1.29 is 4.79 Å². The van der Waals surface area contributed by atoms with E-state index in [9.17, 15) is 4.79 Å². The van der Waals surface area contributed by atoms with E-state index in [1.165, 1.54) is 11.3 Å². The number of hydrogen-bond donors (Lipinski definition) is 1. The van der Waals surface area contributed by atoms with Crippen molar-refractivity contribution in [2.75, 3.05) is 0 Å². The monoisotopic (exact) mass is 334 g/mol. The number of amides is 1. The van der Waals surface area contributed by atoms with Crippen LogP contribution < -0.4 is 5.43 Å². The van der Waals surface area contributed by atoms with Gasteiger partial charge in [-0.2, -0.15) is 5.10 Å². The molecule has 1 N–H and O–H groups in total. The molecule has 0 unspecified atom stereocenters. The molecule has 0 bridgehead atoms. The minimum Gasteiger partial charge on any atom is -0.266 e. The van der Waals surface area contributed by atoms with Gasteiger partial charge in [-0.3, -0.25) is 4.79 Å². The second-order valence-electron chi connectivity index (χ2n) is 3.62. The minimum absolute atomic E-state index is 0.203. The molecule has 3 nitrogen and oxygen atoms in total. The van der Waals surface area contributed by atoms with Crippen LogP contribution in [0.2, 0.25) is 0 Å². The number of rotatable bonds is 4. The largest absolute Gasteiger partial charge is 0.281 e. The molecule has 0 aliphatic carbocycles. The number of nitrogens with zero attached hydrogens (tertiary/aromatic N) is 1. The zero-order valence-corrected chi connectivity index (χ0v) is 12.3. The van der Waals surface area contributed by atoms with E-state index in [2.05, 4.69) is 26.5 Å². The second-order valence-corrected chi connectivity index (χ2v) is 5.48. The fraction of sp³-hybridized carbons (Fsp3) is 0. The Morgan fingerprint density at radius 2 is 2.00 bits per heavy atom. The van der Waals surface area contributed by atoms with Gasteiger partial charge in [0.2, 0.25) is 0 Å². The number of allylic oxidation sites excluding steroid dienone is 1. The topological polar surface area (TPSA) is 41.5 Å². The predicted octanol–water partition coefficient (Wildman–Crippen LogP) is 3.90. The molecule has 0 saturated heterocycles. The van der Waals surface area contributed by atoms with E-state index in [4.69, 9.17) is 0 Å². The summed E-state index contributed by atoms with van der Waals surface area (Å²) < 4.78 is 0.783. The maximum absolute atomic E-state index is 11.6. The van der Waals surface area contributed by atoms with Crippen LogP contribution in [0.5, 0.6) is 0 Å². The van der Waals surface area contributed by atoms with E-state index in [1.807, 2.05) is 47.9 Å². The lowest BCUT2D eigenvalue weighted by Gasteiger charge is -1.95. The first kappa shape index (κ1) is 13.7. The van der Waals surface area contributed by atoms with Crippen molar-refractivity contribution in [3.8, 4) is 0 Å². The summed E-state index contributed by atoms with van der Waals surface area (Å²) in [5, 5.41) is 5.74. The Kier molecular flexibility index (Phi) is 5.06. The number of hydrazone groups is 1. The van der Waals surface area contributed by atoms with Gasteiger partial charge in [0.25, 0.3) is 5.91 Å². The van der Waals surface area contributed by atoms with E-state index in [-0.39, 0.29) is 5.91 Å². The van der Waals surface area contributed by atoms with Crippen molar-refractivity contribution in [2.24, 2.45) is 5.10 Å². The highest BCUT2D eigenvalue weighted by Gasteiger charge is 2.03. The third kappa shape index (κ3) is 4.46. The summed E-state index contributed by atoms with van der Waals surface area (Å²) in [4.78, 5) is 12.2. The van der Waals surface area contributed by atoms with Gasteiger partial charge >= 0.3 is 0 Å². The van der Waals surface area contributed by atoms with Crippen LogP contribution in [-0.4, -0.2) is 12.1 Å². The Balaban J connectivity index is 1.92. The van der Waals surface area contributed by atoms with Crippen molar-refractivity contribution in [3.63, 3.8) is 0 Å². The average Bonchev–Trinajstić information content (AvgIpc) is 2.93. The summed E-state index contributed by atoms with van der Waals surface area (Å²) in [5.74, 6) is -0.203. The summed E-state index contributed by atoms with van der Waals surface area (Å²) in [6.45, 7) is 0. The summed E-state index contributed by atoms with van der Waals surface area (Å²) >= 11 is 4.76. The van der Waals surface area contributed by atoms with E-state index >= 15 is 0 Å². The van der Waals surface area contributed by atoms with Crippen LogP contribution in [-0.2, 0) is 0 Å². The first-order valence-electron chi connectivity index (χ1n) is 5.55. The van der Waals surface area contributed by atoms with Gasteiger partial charge in [0.05, 0.1) is 11.1 Å². The van der Waals surface area contributed by atoms with E-state index in [0.29, 0.717) is 4.88 Å². The maximum atomic E-state index is 11.6. The zero-order valence-electron chi connectivity index (χ0n) is 9.92. The Morgan fingerprint density at radius 1 is 1.21 bits per heavy atom. The molecule has 0 spiro atoms. The van der Waals surface area contributed by atoms with Crippen molar-refractivity contribution in [2.45, 2.75) is 0 Å². The molecule has 1 amide bonds. The van der Waals surface area contributed by atoms with Crippen LogP contribution in [0.15, 0.2) is 57.4 Å². The van der Waals surface area contributed by atoms with Crippen LogP contribution in [0.1, 0.15) is 15.2 Å². The minimum atomic E-state index is -0.203. The Hall–Kier alpha value is -1.72. The number of halogens is 1. The Morgan fingerprint density at radius 3 is 2.68 bits per heavy atom. The van der Waals surface area contributed by atoms with Crippen molar-refractivity contribution in [1.82, 2.24) is 5.43 Å². The van der Waals surface area contributed by atoms with Gasteiger partial charge in [0.1, 0.15) is 0 Å². The van der Waals surface area contributed by atoms with E-state index < -0.39 is 0 Å². The summed E-state index contributed by atoms with van der Waals surface area (Å²) in [6.07, 6.45) is 3.47. The van der Waals surface area contributed by atoms with E-state index in [1.54, 1.807) is 12.3 Å². The van der Waals surface area contributed by atoms with Crippen LogP contribution in [0.4, 0.5) is 0 Å². The first-order valence-corrected chi connectivity index (χ1v) is 7.22. The SMILES string of the molecule is O=C(NN=C/C(Br)=C/c1ccccc1)c1cccs1. The van der Waals surface area contributed by atoms with Gasteiger partial charge in [0.15, 0.2) is 0 Å². The molecule has 1 aromatic carbocycles. The molecular weight excluding hydrogens is 324 g/mol. The molecule has 0 radical (unpaired) electrons. The highest BCUT2D eigenvalue weighted by molar-refractivity contribution is 9.12. The predicted molar refractivity (Wildman–Crippen MR) is 83.6 cm³/mol. The van der Waals surface area contributed by atoms with Crippen molar-refractivity contribution >= 4 is 45.5 Å². The van der Waals surface area contributed by atoms with Crippen LogP contribution in [0, 0.1) is 0 Å². The number of carbonyl (C=O) groups is 1. The highest BCUT2D eigenvalue weighted by atomic mass is 79.9. The van der Waals surface area contributed by atoms with Crippen molar-refractivity contribution in [3.05, 3.63) is 62.8 Å². The fourth-order valence-electron chi connectivity index (χ4n) is 1.36. The standard InChI is InChI=1S/C14H11BrN2OS/c15-12(9-11-5-2-1-3-6-11)10-16-17-14(18)13-7-4-8-19-13/h1-10H,(H,17,18)/b12-9-,16-10?. The van der Waals surface area contributed by atoms with Crippen LogP contribution >= 0.6 is 27.3 Å². The molecule has 2 rings (SSSR count). The van der Waals surface area contributed by atoms with Crippen LogP contribution in [0.25, 0.3) is 6.08 Å². The highest BCUT2D eigenvalue weighted by Crippen LogP contribution is 2.10. The smallest absolute Gasteiger partial charge is 0.266 e. The summed E-state index contributed by atoms with van der Waals surface area (Å²) in [5.41, 5.74) is 3.53. The number of carbonyl (C=O) groups excluding carboxylic acids is 1. The average molecular weight is 335 g/mol. The molecule has 96 valence electrons. The van der Waals surface area contributed by atoms with Crippen LogP contribution in [0.3, 0.4) is 0 Å². The number of hydrogen-bond acceptors (Lipinski definition) is 3. The molecule has 5 heteroatoms. The van der Waals surface area contributed by atoms with E-state index in [0.717, 1.165) is 10.0 Å². The Labute approximate surface area is 123 Å². The number of nitrogens with one attached hydrogen (secondary N) is 1. The molecule has 1 aromatic heterocycles. The molecular formula is C14H11BrN2OS. The molecule has 0 aliphatic heterocycles. The molecule has 0 aliphatic rings. The lowest BCUT2D eigenvalue weighted by molar-refractivity contribution is 0.0959. The third-order valence-corrected chi connectivity index (χ3v) is 3.51. The lowest BCUT2D eigenvalue weighted by Crippen LogP contribution is -2.15. The maximum Gasteiger partial charge on any atom is 0.281 e. The van der Waals surface area contributed by atoms with Gasteiger partial charge in [0, 0.05) is 4.48 Å². The molecule has 2 aromatic rings. The summed E-state index contributed by atoms with van der Waals surface area (Å²) in [6, 6.07) is 13.4. The normalized spacial score (nSPS) is 11.7. The Bertz CT molecular complexity index is 591. The van der Waals surface area contributed by atoms with Gasteiger partial charge in [-0.25, -0.2) is 5.43 Å². The third-order valence-electron chi connectivity index (χ3n) is 2.20. The van der Waals surface area contributed by atoms with Gasteiger partial charge in [-0.15, -0.1) is 11.3 Å². The lowest BCUT2D eigenvalue weighted by atomic mass is 10.2.